The van der Waals surface area contributed by atoms with E-state index in [4.69, 9.17) is 14.3 Å². The monoisotopic (exact) mass is 370 g/mol. The van der Waals surface area contributed by atoms with E-state index in [2.05, 4.69) is 5.32 Å². The molecule has 4 rings (SSSR count). The van der Waals surface area contributed by atoms with Crippen LogP contribution in [0.2, 0.25) is 0 Å². The van der Waals surface area contributed by atoms with Crippen LogP contribution >= 0.6 is 0 Å². The second kappa shape index (κ2) is 7.08. The molecule has 7 nitrogen and oxygen atoms in total. The van der Waals surface area contributed by atoms with Crippen molar-refractivity contribution in [3.05, 3.63) is 40.8 Å². The van der Waals surface area contributed by atoms with Crippen molar-refractivity contribution in [3.8, 4) is 0 Å². The first-order chi connectivity index (χ1) is 13.1. The maximum absolute atomic E-state index is 12.6. The van der Waals surface area contributed by atoms with Crippen LogP contribution in [0.15, 0.2) is 33.9 Å². The molecule has 2 aromatic rings. The minimum atomic E-state index is -0.548. The van der Waals surface area contributed by atoms with Crippen LogP contribution < -0.4 is 5.32 Å². The van der Waals surface area contributed by atoms with Gasteiger partial charge in [-0.1, -0.05) is 0 Å². The van der Waals surface area contributed by atoms with Gasteiger partial charge in [-0.05, 0) is 37.5 Å². The molecule has 2 N–H and O–H groups in total. The minimum absolute atomic E-state index is 0.123. The molecule has 2 aliphatic rings. The standard InChI is InChI=1S/C20H22N2O5/c1-26-20(25)15-11-22(8-9-23)19(24)18(15)21-12-6-7-17-14(10-12)13-4-2-3-5-16(13)27-17/h6-7,10,21,23H,2-5,8-9,11H2,1H3. The molecule has 0 atom stereocenters. The fraction of sp³-hybridized carbons (Fsp3) is 0.400. The molecule has 2 heterocycles. The number of nitrogens with zero attached hydrogens (tertiary/aromatic N) is 1. The second-order valence-electron chi connectivity index (χ2n) is 6.84. The first kappa shape index (κ1) is 17.6. The number of ether oxygens (including phenoxy) is 1. The minimum Gasteiger partial charge on any atom is -0.466 e. The molecule has 27 heavy (non-hydrogen) atoms. The van der Waals surface area contributed by atoms with Crippen molar-refractivity contribution in [2.24, 2.45) is 0 Å². The molecule has 1 aromatic heterocycles. The number of hydrogen-bond donors (Lipinski definition) is 2. The molecule has 0 radical (unpaired) electrons. The molecule has 7 heteroatoms. The predicted molar refractivity (Wildman–Crippen MR) is 99.2 cm³/mol. The largest absolute Gasteiger partial charge is 0.466 e. The van der Waals surface area contributed by atoms with E-state index in [1.165, 1.54) is 17.6 Å². The number of nitrogens with one attached hydrogen (secondary N) is 1. The number of esters is 1. The highest BCUT2D eigenvalue weighted by Gasteiger charge is 2.34. The summed E-state index contributed by atoms with van der Waals surface area (Å²) in [6.45, 7) is 0.122. The van der Waals surface area contributed by atoms with E-state index in [0.29, 0.717) is 5.69 Å². The number of aryl methyl sites for hydroxylation is 2. The zero-order valence-corrected chi connectivity index (χ0v) is 15.2. The number of anilines is 1. The third-order valence-corrected chi connectivity index (χ3v) is 5.18. The summed E-state index contributed by atoms with van der Waals surface area (Å²) in [5.41, 5.74) is 3.26. The van der Waals surface area contributed by atoms with E-state index in [-0.39, 0.29) is 36.9 Å². The Morgan fingerprint density at radius 3 is 2.93 bits per heavy atom. The van der Waals surface area contributed by atoms with Gasteiger partial charge in [-0.25, -0.2) is 4.79 Å². The first-order valence-corrected chi connectivity index (χ1v) is 9.15. The van der Waals surface area contributed by atoms with Gasteiger partial charge in [-0.2, -0.15) is 0 Å². The maximum Gasteiger partial charge on any atom is 0.337 e. The van der Waals surface area contributed by atoms with E-state index in [9.17, 15) is 9.59 Å². The molecule has 1 aliphatic heterocycles. The molecule has 0 saturated carbocycles. The summed E-state index contributed by atoms with van der Waals surface area (Å²) in [4.78, 5) is 26.2. The number of amides is 1. The van der Waals surface area contributed by atoms with Gasteiger partial charge in [0.15, 0.2) is 0 Å². The van der Waals surface area contributed by atoms with Crippen molar-refractivity contribution >= 4 is 28.5 Å². The molecule has 1 aromatic carbocycles. The van der Waals surface area contributed by atoms with Gasteiger partial charge in [-0.3, -0.25) is 4.79 Å². The molecular weight excluding hydrogens is 348 g/mol. The van der Waals surface area contributed by atoms with Gasteiger partial charge in [0, 0.05) is 29.6 Å². The first-order valence-electron chi connectivity index (χ1n) is 9.15. The van der Waals surface area contributed by atoms with Gasteiger partial charge in [0.05, 0.1) is 25.8 Å². The highest BCUT2D eigenvalue weighted by Crippen LogP contribution is 2.34. The molecule has 0 fully saturated rings. The lowest BCUT2D eigenvalue weighted by Crippen LogP contribution is -2.31. The van der Waals surface area contributed by atoms with E-state index in [0.717, 1.165) is 42.4 Å². The van der Waals surface area contributed by atoms with Gasteiger partial charge < -0.3 is 24.5 Å². The Bertz CT molecular complexity index is 943. The van der Waals surface area contributed by atoms with E-state index >= 15 is 0 Å². The predicted octanol–water partition coefficient (Wildman–Crippen LogP) is 1.99. The number of carbonyl (C=O) groups excluding carboxylic acids is 2. The van der Waals surface area contributed by atoms with Crippen molar-refractivity contribution in [2.75, 3.05) is 32.1 Å². The Morgan fingerprint density at radius 2 is 2.15 bits per heavy atom. The number of rotatable bonds is 5. The normalized spacial score (nSPS) is 16.8. The number of hydrogen-bond acceptors (Lipinski definition) is 6. The Morgan fingerprint density at radius 1 is 1.33 bits per heavy atom. The van der Waals surface area contributed by atoms with Gasteiger partial charge in [0.2, 0.25) is 0 Å². The van der Waals surface area contributed by atoms with Crippen LogP contribution in [0.25, 0.3) is 11.0 Å². The fourth-order valence-corrected chi connectivity index (χ4v) is 3.83. The number of methoxy groups -OCH3 is 1. The lowest BCUT2D eigenvalue weighted by molar-refractivity contribution is -0.136. The molecule has 1 amide bonds. The number of carbonyl (C=O) groups is 2. The summed E-state index contributed by atoms with van der Waals surface area (Å²) in [5.74, 6) is 0.181. The summed E-state index contributed by atoms with van der Waals surface area (Å²) in [5, 5.41) is 13.3. The number of aliphatic hydroxyl groups excluding tert-OH is 1. The van der Waals surface area contributed by atoms with Gasteiger partial charge in [-0.15, -0.1) is 0 Å². The molecule has 0 unspecified atom stereocenters. The Hall–Kier alpha value is -2.80. The second-order valence-corrected chi connectivity index (χ2v) is 6.84. The zero-order chi connectivity index (χ0) is 19.0. The number of aliphatic hydroxyl groups is 1. The number of benzene rings is 1. The summed E-state index contributed by atoms with van der Waals surface area (Å²) in [6.07, 6.45) is 4.23. The lowest BCUT2D eigenvalue weighted by Gasteiger charge is -2.15. The number of β-amino-alcohol motifs (C(OH)–C–C–N with tert-alkyl or cyclic N) is 1. The van der Waals surface area contributed by atoms with Gasteiger partial charge >= 0.3 is 5.97 Å². The average molecular weight is 370 g/mol. The van der Waals surface area contributed by atoms with Crippen LogP contribution in [0.5, 0.6) is 0 Å². The zero-order valence-electron chi connectivity index (χ0n) is 15.2. The maximum atomic E-state index is 12.6. The third kappa shape index (κ3) is 3.08. The Labute approximate surface area is 156 Å². The van der Waals surface area contributed by atoms with Crippen molar-refractivity contribution in [2.45, 2.75) is 25.7 Å². The average Bonchev–Trinajstić information content (AvgIpc) is 3.20. The fourth-order valence-electron chi connectivity index (χ4n) is 3.83. The van der Waals surface area contributed by atoms with Crippen LogP contribution in [-0.4, -0.2) is 48.7 Å². The topological polar surface area (TPSA) is 92.0 Å². The number of furan rings is 1. The molecule has 0 saturated heterocycles. The molecule has 142 valence electrons. The van der Waals surface area contributed by atoms with Crippen molar-refractivity contribution < 1.29 is 23.8 Å². The van der Waals surface area contributed by atoms with Crippen molar-refractivity contribution in [1.29, 1.82) is 0 Å². The van der Waals surface area contributed by atoms with Crippen LogP contribution in [0.3, 0.4) is 0 Å². The van der Waals surface area contributed by atoms with E-state index in [1.807, 2.05) is 18.2 Å². The molecule has 1 aliphatic carbocycles. The highest BCUT2D eigenvalue weighted by molar-refractivity contribution is 6.08. The molecule has 0 bridgehead atoms. The Kier molecular flexibility index (Phi) is 4.61. The van der Waals surface area contributed by atoms with Crippen molar-refractivity contribution in [3.63, 3.8) is 0 Å². The van der Waals surface area contributed by atoms with Gasteiger partial charge in [0.25, 0.3) is 5.91 Å². The molecular formula is C20H22N2O5. The summed E-state index contributed by atoms with van der Waals surface area (Å²) >= 11 is 0. The quantitative estimate of drug-likeness (QED) is 0.782. The third-order valence-electron chi connectivity index (χ3n) is 5.18. The van der Waals surface area contributed by atoms with E-state index < -0.39 is 5.97 Å². The molecule has 0 spiro atoms. The van der Waals surface area contributed by atoms with E-state index in [1.54, 1.807) is 0 Å². The van der Waals surface area contributed by atoms with Crippen LogP contribution in [0, 0.1) is 0 Å². The highest BCUT2D eigenvalue weighted by atomic mass is 16.5. The summed E-state index contributed by atoms with van der Waals surface area (Å²) in [7, 11) is 1.29. The Balaban J connectivity index is 1.68. The summed E-state index contributed by atoms with van der Waals surface area (Å²) < 4.78 is 10.8. The SMILES string of the molecule is COC(=O)C1=C(Nc2ccc3oc4c(c3c2)CCCC4)C(=O)N(CCO)C1. The van der Waals surface area contributed by atoms with Crippen LogP contribution in [0.4, 0.5) is 5.69 Å². The van der Waals surface area contributed by atoms with Crippen LogP contribution in [0.1, 0.15) is 24.2 Å². The van der Waals surface area contributed by atoms with Crippen molar-refractivity contribution in [1.82, 2.24) is 4.90 Å². The summed E-state index contributed by atoms with van der Waals surface area (Å²) in [6, 6.07) is 5.69. The van der Waals surface area contributed by atoms with Crippen LogP contribution in [-0.2, 0) is 27.2 Å². The van der Waals surface area contributed by atoms with Gasteiger partial charge in [0.1, 0.15) is 17.0 Å². The smallest absolute Gasteiger partial charge is 0.337 e. The lowest BCUT2D eigenvalue weighted by atomic mass is 9.96. The number of fused-ring (bicyclic) bond motifs is 3.